The molecule has 1 aliphatic carbocycles. The van der Waals surface area contributed by atoms with Crippen LogP contribution in [0.1, 0.15) is 25.7 Å². The summed E-state index contributed by atoms with van der Waals surface area (Å²) in [6, 6.07) is 6.23. The van der Waals surface area contributed by atoms with Gasteiger partial charge in [-0.05, 0) is 37.8 Å². The first-order chi connectivity index (χ1) is 9.97. The molecule has 6 heteroatoms. The Hall–Kier alpha value is -2.24. The number of aliphatic carboxylic acids is 1. The highest BCUT2D eigenvalue weighted by Gasteiger charge is 2.27. The number of carbonyl (C=O) groups is 2. The maximum Gasteiger partial charge on any atom is 0.321 e. The maximum absolute atomic E-state index is 12.2. The van der Waals surface area contributed by atoms with E-state index in [0.29, 0.717) is 31.4 Å². The highest BCUT2D eigenvalue weighted by molar-refractivity contribution is 5.91. The number of carboxylic acid groups (broad SMARTS) is 1. The summed E-state index contributed by atoms with van der Waals surface area (Å²) >= 11 is 0. The van der Waals surface area contributed by atoms with Crippen LogP contribution in [0.4, 0.5) is 10.5 Å². The van der Waals surface area contributed by atoms with E-state index in [1.54, 1.807) is 25.2 Å². The SMILES string of the molecule is CN(C(=O)NC1CCC(C(=O)O)CC1)c1cccc(O)c1. The molecule has 0 bridgehead atoms. The molecule has 2 rings (SSSR count). The second-order valence-corrected chi connectivity index (χ2v) is 5.42. The van der Waals surface area contributed by atoms with E-state index in [0.717, 1.165) is 0 Å². The standard InChI is InChI=1S/C15H20N2O4/c1-17(12-3-2-4-13(18)9-12)15(21)16-11-7-5-10(6-8-11)14(19)20/h2-4,9-11,18H,5-8H2,1H3,(H,16,21)(H,19,20). The van der Waals surface area contributed by atoms with E-state index >= 15 is 0 Å². The van der Waals surface area contributed by atoms with Gasteiger partial charge in [0.15, 0.2) is 0 Å². The van der Waals surface area contributed by atoms with Gasteiger partial charge < -0.3 is 15.5 Å². The van der Waals surface area contributed by atoms with E-state index in [1.807, 2.05) is 0 Å². The average Bonchev–Trinajstić information content (AvgIpc) is 2.47. The van der Waals surface area contributed by atoms with Crippen molar-refractivity contribution in [2.24, 2.45) is 5.92 Å². The molecular formula is C15H20N2O4. The lowest BCUT2D eigenvalue weighted by Gasteiger charge is -2.28. The van der Waals surface area contributed by atoms with Gasteiger partial charge in [0.25, 0.3) is 0 Å². The first kappa shape index (κ1) is 15.2. The number of phenolic OH excluding ortho intramolecular Hbond substituents is 1. The van der Waals surface area contributed by atoms with Crippen LogP contribution in [-0.4, -0.2) is 35.3 Å². The number of hydrogen-bond donors (Lipinski definition) is 3. The molecule has 0 saturated heterocycles. The largest absolute Gasteiger partial charge is 0.508 e. The molecule has 2 amide bonds. The number of hydrogen-bond acceptors (Lipinski definition) is 3. The summed E-state index contributed by atoms with van der Waals surface area (Å²) < 4.78 is 0. The first-order valence-electron chi connectivity index (χ1n) is 7.03. The Labute approximate surface area is 123 Å². The summed E-state index contributed by atoms with van der Waals surface area (Å²) in [4.78, 5) is 24.5. The molecule has 1 fully saturated rings. The zero-order valence-corrected chi connectivity index (χ0v) is 12.0. The van der Waals surface area contributed by atoms with Crippen molar-refractivity contribution in [3.63, 3.8) is 0 Å². The molecule has 0 radical (unpaired) electrons. The van der Waals surface area contributed by atoms with Crippen molar-refractivity contribution in [2.45, 2.75) is 31.7 Å². The molecule has 0 unspecified atom stereocenters. The topological polar surface area (TPSA) is 89.9 Å². The minimum absolute atomic E-state index is 0.00728. The smallest absolute Gasteiger partial charge is 0.321 e. The number of urea groups is 1. The van der Waals surface area contributed by atoms with E-state index in [2.05, 4.69) is 5.32 Å². The molecule has 0 heterocycles. The molecule has 0 aliphatic heterocycles. The van der Waals surface area contributed by atoms with Crippen LogP contribution in [0, 0.1) is 5.92 Å². The Morgan fingerprint density at radius 1 is 1.24 bits per heavy atom. The number of amides is 2. The second kappa shape index (κ2) is 6.47. The van der Waals surface area contributed by atoms with Crippen molar-refractivity contribution in [3.05, 3.63) is 24.3 Å². The number of carbonyl (C=O) groups excluding carboxylic acids is 1. The van der Waals surface area contributed by atoms with Crippen molar-refractivity contribution < 1.29 is 19.8 Å². The molecule has 1 aliphatic rings. The van der Waals surface area contributed by atoms with Crippen molar-refractivity contribution in [1.29, 1.82) is 0 Å². The molecular weight excluding hydrogens is 272 g/mol. The fourth-order valence-corrected chi connectivity index (χ4v) is 2.58. The van der Waals surface area contributed by atoms with Gasteiger partial charge in [0.2, 0.25) is 0 Å². The predicted octanol–water partition coefficient (Wildman–Crippen LogP) is 2.18. The van der Waals surface area contributed by atoms with Crippen LogP contribution < -0.4 is 10.2 Å². The molecule has 0 spiro atoms. The van der Waals surface area contributed by atoms with E-state index in [9.17, 15) is 14.7 Å². The van der Waals surface area contributed by atoms with E-state index in [1.165, 1.54) is 11.0 Å². The highest BCUT2D eigenvalue weighted by Crippen LogP contribution is 2.25. The molecule has 3 N–H and O–H groups in total. The van der Waals surface area contributed by atoms with Gasteiger partial charge >= 0.3 is 12.0 Å². The quantitative estimate of drug-likeness (QED) is 0.796. The number of phenols is 1. The number of nitrogens with one attached hydrogen (secondary N) is 1. The minimum Gasteiger partial charge on any atom is -0.508 e. The lowest BCUT2D eigenvalue weighted by Crippen LogP contribution is -2.45. The Kier molecular flexibility index (Phi) is 4.67. The van der Waals surface area contributed by atoms with Crippen LogP contribution in [0.2, 0.25) is 0 Å². The third kappa shape index (κ3) is 3.87. The molecule has 1 aromatic rings. The number of anilines is 1. The molecule has 114 valence electrons. The van der Waals surface area contributed by atoms with Crippen molar-refractivity contribution in [3.8, 4) is 5.75 Å². The van der Waals surface area contributed by atoms with Crippen molar-refractivity contribution >= 4 is 17.7 Å². The van der Waals surface area contributed by atoms with Crippen LogP contribution in [-0.2, 0) is 4.79 Å². The van der Waals surface area contributed by atoms with Crippen LogP contribution >= 0.6 is 0 Å². The van der Waals surface area contributed by atoms with Gasteiger partial charge in [-0.2, -0.15) is 0 Å². The van der Waals surface area contributed by atoms with E-state index in [4.69, 9.17) is 5.11 Å². The Balaban J connectivity index is 1.89. The third-order valence-corrected chi connectivity index (χ3v) is 3.93. The van der Waals surface area contributed by atoms with Gasteiger partial charge in [-0.3, -0.25) is 9.69 Å². The molecule has 1 saturated carbocycles. The third-order valence-electron chi connectivity index (χ3n) is 3.93. The highest BCUT2D eigenvalue weighted by atomic mass is 16.4. The van der Waals surface area contributed by atoms with Gasteiger partial charge in [0.1, 0.15) is 5.75 Å². The Morgan fingerprint density at radius 3 is 2.48 bits per heavy atom. The fraction of sp³-hybridized carbons (Fsp3) is 0.467. The molecule has 0 atom stereocenters. The summed E-state index contributed by atoms with van der Waals surface area (Å²) in [6.07, 6.45) is 2.54. The lowest BCUT2D eigenvalue weighted by atomic mass is 9.86. The summed E-state index contributed by atoms with van der Waals surface area (Å²) in [5, 5.41) is 21.3. The van der Waals surface area contributed by atoms with Crippen molar-refractivity contribution in [2.75, 3.05) is 11.9 Å². The Morgan fingerprint density at radius 2 is 1.90 bits per heavy atom. The molecule has 6 nitrogen and oxygen atoms in total. The summed E-state index contributed by atoms with van der Waals surface area (Å²) in [5.74, 6) is -0.937. The van der Waals surface area contributed by atoms with Gasteiger partial charge in [-0.25, -0.2) is 4.79 Å². The summed E-state index contributed by atoms with van der Waals surface area (Å²) in [5.41, 5.74) is 0.603. The number of carboxylic acids is 1. The normalized spacial score (nSPS) is 21.6. The second-order valence-electron chi connectivity index (χ2n) is 5.42. The van der Waals surface area contributed by atoms with Gasteiger partial charge in [0.05, 0.1) is 5.92 Å². The number of benzene rings is 1. The van der Waals surface area contributed by atoms with Gasteiger partial charge in [-0.15, -0.1) is 0 Å². The molecule has 1 aromatic carbocycles. The fourth-order valence-electron chi connectivity index (χ4n) is 2.58. The lowest BCUT2D eigenvalue weighted by molar-refractivity contribution is -0.142. The van der Waals surface area contributed by atoms with Crippen LogP contribution in [0.25, 0.3) is 0 Å². The van der Waals surface area contributed by atoms with E-state index < -0.39 is 5.97 Å². The Bertz CT molecular complexity index is 524. The monoisotopic (exact) mass is 292 g/mol. The van der Waals surface area contributed by atoms with Gasteiger partial charge in [-0.1, -0.05) is 6.07 Å². The van der Waals surface area contributed by atoms with Crippen LogP contribution in [0.5, 0.6) is 5.75 Å². The zero-order valence-electron chi connectivity index (χ0n) is 12.0. The minimum atomic E-state index is -0.753. The summed E-state index contributed by atoms with van der Waals surface area (Å²) in [7, 11) is 1.63. The summed E-state index contributed by atoms with van der Waals surface area (Å²) in [6.45, 7) is 0. The van der Waals surface area contributed by atoms with Crippen molar-refractivity contribution in [1.82, 2.24) is 5.32 Å². The van der Waals surface area contributed by atoms with Crippen LogP contribution in [0.3, 0.4) is 0 Å². The number of rotatable bonds is 3. The molecule has 0 aromatic heterocycles. The van der Waals surface area contributed by atoms with Gasteiger partial charge in [0, 0.05) is 24.8 Å². The van der Waals surface area contributed by atoms with E-state index in [-0.39, 0.29) is 23.7 Å². The predicted molar refractivity (Wildman–Crippen MR) is 78.4 cm³/mol. The molecule has 21 heavy (non-hydrogen) atoms. The maximum atomic E-state index is 12.2. The number of nitrogens with zero attached hydrogens (tertiary/aromatic N) is 1. The average molecular weight is 292 g/mol. The van der Waals surface area contributed by atoms with Crippen LogP contribution in [0.15, 0.2) is 24.3 Å². The first-order valence-corrected chi connectivity index (χ1v) is 7.03. The zero-order chi connectivity index (χ0) is 15.4. The number of aromatic hydroxyl groups is 1.